The second-order valence-corrected chi connectivity index (χ2v) is 2.74. The van der Waals surface area contributed by atoms with E-state index in [4.69, 9.17) is 10.5 Å². The van der Waals surface area contributed by atoms with E-state index in [0.717, 1.165) is 5.76 Å². The number of halogens is 1. The Balaban J connectivity index is 4.02. The standard InChI is InChI=1S/C9H14INO/c1-2-3-4-9(5-6-10)12-8-7-11/h2-6H,7-8,11H2,1H3/b3-2+,6-5-,9-4+. The number of ether oxygens (including phenoxy) is 1. The molecular formula is C9H14INO. The Bertz CT molecular complexity index is 185. The van der Waals surface area contributed by atoms with Crippen LogP contribution in [0.25, 0.3) is 0 Å². The van der Waals surface area contributed by atoms with Crippen LogP contribution in [-0.4, -0.2) is 13.2 Å². The topological polar surface area (TPSA) is 35.2 Å². The fourth-order valence-electron chi connectivity index (χ4n) is 0.582. The maximum absolute atomic E-state index is 5.33. The van der Waals surface area contributed by atoms with Crippen LogP contribution >= 0.6 is 22.6 Å². The summed E-state index contributed by atoms with van der Waals surface area (Å²) >= 11 is 2.15. The molecular weight excluding hydrogens is 265 g/mol. The molecule has 0 aliphatic rings. The van der Waals surface area contributed by atoms with Crippen LogP contribution in [0.1, 0.15) is 6.92 Å². The van der Waals surface area contributed by atoms with E-state index in [0.29, 0.717) is 13.2 Å². The number of rotatable bonds is 5. The molecule has 0 unspecified atom stereocenters. The summed E-state index contributed by atoms with van der Waals surface area (Å²) in [6, 6.07) is 0. The molecule has 2 nitrogen and oxygen atoms in total. The van der Waals surface area contributed by atoms with Crippen LogP contribution in [0.3, 0.4) is 0 Å². The predicted octanol–water partition coefficient (Wildman–Crippen LogP) is 2.37. The summed E-state index contributed by atoms with van der Waals surface area (Å²) in [5.74, 6) is 0.841. The highest BCUT2D eigenvalue weighted by atomic mass is 127. The molecule has 0 aromatic rings. The lowest BCUT2D eigenvalue weighted by Gasteiger charge is -2.03. The van der Waals surface area contributed by atoms with Gasteiger partial charge in [0.2, 0.25) is 0 Å². The van der Waals surface area contributed by atoms with Gasteiger partial charge in [-0.3, -0.25) is 0 Å². The first-order chi connectivity index (χ1) is 5.85. The normalized spacial score (nSPS) is 13.1. The summed E-state index contributed by atoms with van der Waals surface area (Å²) in [5.41, 5.74) is 5.31. The smallest absolute Gasteiger partial charge is 0.119 e. The van der Waals surface area contributed by atoms with Crippen molar-refractivity contribution in [2.75, 3.05) is 13.2 Å². The summed E-state index contributed by atoms with van der Waals surface area (Å²) in [6.07, 6.45) is 7.69. The van der Waals surface area contributed by atoms with Gasteiger partial charge in [0.05, 0.1) is 0 Å². The first-order valence-corrected chi connectivity index (χ1v) is 5.02. The summed E-state index contributed by atoms with van der Waals surface area (Å²) in [5, 5.41) is 0. The summed E-state index contributed by atoms with van der Waals surface area (Å²) < 4.78 is 7.23. The Morgan fingerprint density at radius 3 is 2.83 bits per heavy atom. The molecule has 0 heterocycles. The Kier molecular flexibility index (Phi) is 8.59. The zero-order valence-electron chi connectivity index (χ0n) is 7.16. The number of allylic oxidation sites excluding steroid dienone is 4. The molecule has 0 spiro atoms. The van der Waals surface area contributed by atoms with Crippen LogP contribution in [0.15, 0.2) is 34.1 Å². The van der Waals surface area contributed by atoms with Gasteiger partial charge < -0.3 is 10.5 Å². The second-order valence-electron chi connectivity index (χ2n) is 2.02. The molecule has 0 atom stereocenters. The van der Waals surface area contributed by atoms with E-state index in [2.05, 4.69) is 22.6 Å². The van der Waals surface area contributed by atoms with Gasteiger partial charge in [0.15, 0.2) is 0 Å². The first kappa shape index (κ1) is 11.7. The summed E-state index contributed by atoms with van der Waals surface area (Å²) in [7, 11) is 0. The number of nitrogens with two attached hydrogens (primary N) is 1. The summed E-state index contributed by atoms with van der Waals surface area (Å²) in [6.45, 7) is 3.07. The quantitative estimate of drug-likeness (QED) is 0.476. The van der Waals surface area contributed by atoms with Crippen LogP contribution in [-0.2, 0) is 4.74 Å². The molecule has 68 valence electrons. The lowest BCUT2D eigenvalue weighted by atomic mass is 10.4. The van der Waals surface area contributed by atoms with Crippen molar-refractivity contribution in [1.29, 1.82) is 0 Å². The Hall–Kier alpha value is -0.290. The van der Waals surface area contributed by atoms with Crippen molar-refractivity contribution >= 4 is 22.6 Å². The van der Waals surface area contributed by atoms with Gasteiger partial charge in [-0.15, -0.1) is 0 Å². The van der Waals surface area contributed by atoms with Gasteiger partial charge in [-0.2, -0.15) is 0 Å². The van der Waals surface area contributed by atoms with Crippen LogP contribution in [0, 0.1) is 0 Å². The Labute approximate surface area is 87.3 Å². The zero-order valence-corrected chi connectivity index (χ0v) is 9.32. The van der Waals surface area contributed by atoms with E-state index < -0.39 is 0 Å². The van der Waals surface area contributed by atoms with Gasteiger partial charge >= 0.3 is 0 Å². The molecule has 0 aromatic heterocycles. The lowest BCUT2D eigenvalue weighted by Crippen LogP contribution is -2.07. The molecule has 0 aromatic carbocycles. The minimum Gasteiger partial charge on any atom is -0.492 e. The van der Waals surface area contributed by atoms with Gasteiger partial charge in [-0.05, 0) is 23.2 Å². The van der Waals surface area contributed by atoms with Crippen molar-refractivity contribution in [2.24, 2.45) is 5.73 Å². The molecule has 2 N–H and O–H groups in total. The minimum absolute atomic E-state index is 0.544. The van der Waals surface area contributed by atoms with Gasteiger partial charge in [0, 0.05) is 6.54 Å². The van der Waals surface area contributed by atoms with Crippen molar-refractivity contribution < 1.29 is 4.74 Å². The molecule has 0 rings (SSSR count). The third kappa shape index (κ3) is 6.42. The summed E-state index contributed by atoms with van der Waals surface area (Å²) in [4.78, 5) is 0. The molecule has 0 bridgehead atoms. The predicted molar refractivity (Wildman–Crippen MR) is 61.1 cm³/mol. The maximum Gasteiger partial charge on any atom is 0.119 e. The van der Waals surface area contributed by atoms with Gasteiger partial charge in [0.25, 0.3) is 0 Å². The van der Waals surface area contributed by atoms with E-state index in [1.165, 1.54) is 0 Å². The van der Waals surface area contributed by atoms with Crippen LogP contribution in [0.5, 0.6) is 0 Å². The van der Waals surface area contributed by atoms with Gasteiger partial charge in [-0.1, -0.05) is 34.7 Å². The highest BCUT2D eigenvalue weighted by molar-refractivity contribution is 14.1. The maximum atomic E-state index is 5.33. The highest BCUT2D eigenvalue weighted by Crippen LogP contribution is 2.01. The fraction of sp³-hybridized carbons (Fsp3) is 0.333. The van der Waals surface area contributed by atoms with Crippen molar-refractivity contribution in [2.45, 2.75) is 6.92 Å². The first-order valence-electron chi connectivity index (χ1n) is 3.77. The fourth-order valence-corrected chi connectivity index (χ4v) is 0.936. The molecule has 0 fully saturated rings. The average Bonchev–Trinajstić information content (AvgIpc) is 2.10. The molecule has 0 saturated carbocycles. The monoisotopic (exact) mass is 279 g/mol. The third-order valence-electron chi connectivity index (χ3n) is 1.07. The molecule has 0 radical (unpaired) electrons. The lowest BCUT2D eigenvalue weighted by molar-refractivity contribution is 0.234. The van der Waals surface area contributed by atoms with Crippen LogP contribution in [0.2, 0.25) is 0 Å². The van der Waals surface area contributed by atoms with Gasteiger partial charge in [0.1, 0.15) is 12.4 Å². The van der Waals surface area contributed by atoms with Crippen molar-refractivity contribution in [3.63, 3.8) is 0 Å². The SMILES string of the molecule is C/C=C/C=C(\C=C/I)OCCN. The van der Waals surface area contributed by atoms with Gasteiger partial charge in [-0.25, -0.2) is 0 Å². The van der Waals surface area contributed by atoms with E-state index in [1.807, 2.05) is 35.3 Å². The van der Waals surface area contributed by atoms with E-state index in [-0.39, 0.29) is 0 Å². The molecule has 0 aliphatic heterocycles. The average molecular weight is 279 g/mol. The van der Waals surface area contributed by atoms with Crippen molar-refractivity contribution in [1.82, 2.24) is 0 Å². The molecule has 0 aliphatic carbocycles. The Morgan fingerprint density at radius 1 is 1.58 bits per heavy atom. The molecule has 0 amide bonds. The van der Waals surface area contributed by atoms with Crippen LogP contribution in [0.4, 0.5) is 0 Å². The van der Waals surface area contributed by atoms with E-state index >= 15 is 0 Å². The zero-order chi connectivity index (χ0) is 9.23. The molecule has 0 saturated heterocycles. The van der Waals surface area contributed by atoms with E-state index in [1.54, 1.807) is 0 Å². The largest absolute Gasteiger partial charge is 0.492 e. The highest BCUT2D eigenvalue weighted by Gasteiger charge is 1.88. The third-order valence-corrected chi connectivity index (χ3v) is 1.43. The minimum atomic E-state index is 0.544. The van der Waals surface area contributed by atoms with Crippen molar-refractivity contribution in [3.8, 4) is 0 Å². The molecule has 3 heteroatoms. The van der Waals surface area contributed by atoms with Crippen LogP contribution < -0.4 is 5.73 Å². The number of hydrogen-bond donors (Lipinski definition) is 1. The Morgan fingerprint density at radius 2 is 2.33 bits per heavy atom. The number of hydrogen-bond acceptors (Lipinski definition) is 2. The van der Waals surface area contributed by atoms with Crippen molar-refractivity contribution in [3.05, 3.63) is 34.1 Å². The second kappa shape index (κ2) is 8.80. The van der Waals surface area contributed by atoms with E-state index in [9.17, 15) is 0 Å². The molecule has 12 heavy (non-hydrogen) atoms.